The lowest BCUT2D eigenvalue weighted by atomic mass is 10.2. The molecule has 1 amide bonds. The van der Waals surface area contributed by atoms with Crippen molar-refractivity contribution in [3.8, 4) is 5.69 Å². The Kier molecular flexibility index (Phi) is 4.72. The van der Waals surface area contributed by atoms with Gasteiger partial charge >= 0.3 is 0 Å². The largest absolute Gasteiger partial charge is 0.340 e. The number of likely N-dealkylation sites (N-methyl/N-ethyl adjacent to an activating group) is 1. The molecule has 2 aromatic heterocycles. The van der Waals surface area contributed by atoms with E-state index in [-0.39, 0.29) is 18.0 Å². The summed E-state index contributed by atoms with van der Waals surface area (Å²) in [6, 6.07) is 16.8. The second-order valence-corrected chi connectivity index (χ2v) is 6.56. The van der Waals surface area contributed by atoms with Gasteiger partial charge in [0.1, 0.15) is 6.54 Å². The molecule has 4 aromatic rings. The molecule has 140 valence electrons. The molecule has 2 heterocycles. The van der Waals surface area contributed by atoms with E-state index in [9.17, 15) is 9.59 Å². The first-order valence-electron chi connectivity index (χ1n) is 8.89. The maximum Gasteiger partial charge on any atom is 0.261 e. The summed E-state index contributed by atoms with van der Waals surface area (Å²) in [4.78, 5) is 31.0. The molecule has 0 atom stereocenters. The molecule has 0 aliphatic heterocycles. The predicted molar refractivity (Wildman–Crippen MR) is 106 cm³/mol. The molecule has 0 spiro atoms. The second kappa shape index (κ2) is 7.48. The van der Waals surface area contributed by atoms with E-state index in [2.05, 4.69) is 10.1 Å². The lowest BCUT2D eigenvalue weighted by molar-refractivity contribution is -0.131. The molecule has 0 bridgehead atoms. The molecular formula is C21H19N5O2. The zero-order chi connectivity index (χ0) is 19.5. The number of hydrogen-bond donors (Lipinski definition) is 0. The summed E-state index contributed by atoms with van der Waals surface area (Å²) in [5.41, 5.74) is 2.37. The number of fused-ring (bicyclic) bond motifs is 1. The van der Waals surface area contributed by atoms with Gasteiger partial charge in [-0.25, -0.2) is 9.67 Å². The zero-order valence-electron chi connectivity index (χ0n) is 15.4. The molecule has 0 saturated carbocycles. The predicted octanol–water partition coefficient (Wildman–Crippen LogP) is 2.24. The average Bonchev–Trinajstić information content (AvgIpc) is 3.25. The summed E-state index contributed by atoms with van der Waals surface area (Å²) in [6.07, 6.45) is 5.03. The Bertz CT molecular complexity index is 1160. The number of benzene rings is 2. The first-order valence-corrected chi connectivity index (χ1v) is 8.89. The minimum absolute atomic E-state index is 0.0431. The van der Waals surface area contributed by atoms with Gasteiger partial charge in [-0.05, 0) is 35.9 Å². The molecule has 0 radical (unpaired) electrons. The Hall–Kier alpha value is -3.74. The van der Waals surface area contributed by atoms with Crippen molar-refractivity contribution in [3.05, 3.63) is 89.2 Å². The van der Waals surface area contributed by atoms with Crippen LogP contribution < -0.4 is 5.56 Å². The van der Waals surface area contributed by atoms with Crippen LogP contribution in [0.15, 0.2) is 78.1 Å². The Morgan fingerprint density at radius 2 is 1.86 bits per heavy atom. The molecule has 0 aliphatic rings. The van der Waals surface area contributed by atoms with Crippen LogP contribution in [-0.4, -0.2) is 37.2 Å². The molecule has 0 N–H and O–H groups in total. The van der Waals surface area contributed by atoms with Crippen LogP contribution in [0.25, 0.3) is 16.6 Å². The van der Waals surface area contributed by atoms with E-state index < -0.39 is 0 Å². The number of aromatic nitrogens is 4. The fraction of sp³-hybridized carbons (Fsp3) is 0.143. The molecule has 0 unspecified atom stereocenters. The van der Waals surface area contributed by atoms with Gasteiger partial charge in [0.25, 0.3) is 5.56 Å². The fourth-order valence-corrected chi connectivity index (χ4v) is 3.02. The van der Waals surface area contributed by atoms with Crippen molar-refractivity contribution in [1.29, 1.82) is 0 Å². The van der Waals surface area contributed by atoms with Gasteiger partial charge in [-0.1, -0.05) is 24.3 Å². The average molecular weight is 373 g/mol. The highest BCUT2D eigenvalue weighted by molar-refractivity contribution is 5.78. The van der Waals surface area contributed by atoms with Crippen LogP contribution in [0.2, 0.25) is 0 Å². The number of rotatable bonds is 5. The Morgan fingerprint density at radius 3 is 2.61 bits per heavy atom. The number of carbonyl (C=O) groups is 1. The number of hydrogen-bond acceptors (Lipinski definition) is 4. The first-order chi connectivity index (χ1) is 13.6. The maximum absolute atomic E-state index is 12.6. The van der Waals surface area contributed by atoms with Crippen LogP contribution >= 0.6 is 0 Å². The molecule has 2 aromatic carbocycles. The van der Waals surface area contributed by atoms with Crippen LogP contribution in [0.4, 0.5) is 0 Å². The molecule has 0 saturated heterocycles. The molecular weight excluding hydrogens is 354 g/mol. The van der Waals surface area contributed by atoms with E-state index in [4.69, 9.17) is 0 Å². The van der Waals surface area contributed by atoms with Crippen molar-refractivity contribution < 1.29 is 4.79 Å². The summed E-state index contributed by atoms with van der Waals surface area (Å²) in [6.45, 7) is 0.409. The standard InChI is InChI=1S/C21H19N5O2/c1-24(13-16-7-9-17(10-8-16)26-12-4-11-23-26)20(27)14-25-15-22-19-6-3-2-5-18(19)21(25)28/h2-12,15H,13-14H2,1H3. The van der Waals surface area contributed by atoms with Crippen LogP contribution in [0.5, 0.6) is 0 Å². The van der Waals surface area contributed by atoms with Crippen LogP contribution in [-0.2, 0) is 17.9 Å². The smallest absolute Gasteiger partial charge is 0.261 e. The minimum Gasteiger partial charge on any atom is -0.340 e. The fourth-order valence-electron chi connectivity index (χ4n) is 3.02. The van der Waals surface area contributed by atoms with Gasteiger partial charge in [-0.15, -0.1) is 0 Å². The highest BCUT2D eigenvalue weighted by atomic mass is 16.2. The van der Waals surface area contributed by atoms with Crippen molar-refractivity contribution in [2.24, 2.45) is 0 Å². The maximum atomic E-state index is 12.6. The van der Waals surface area contributed by atoms with Gasteiger partial charge in [0.2, 0.25) is 5.91 Å². The van der Waals surface area contributed by atoms with Crippen molar-refractivity contribution >= 4 is 16.8 Å². The van der Waals surface area contributed by atoms with E-state index >= 15 is 0 Å². The lowest BCUT2D eigenvalue weighted by Gasteiger charge is -2.18. The third kappa shape index (κ3) is 3.55. The SMILES string of the molecule is CN(Cc1ccc(-n2cccn2)cc1)C(=O)Cn1cnc2ccccc2c1=O. The number of nitrogens with zero attached hydrogens (tertiary/aromatic N) is 5. The van der Waals surface area contributed by atoms with Crippen molar-refractivity contribution in [2.75, 3.05) is 7.05 Å². The number of para-hydroxylation sites is 1. The molecule has 0 aliphatic carbocycles. The van der Waals surface area contributed by atoms with Gasteiger partial charge in [-0.3, -0.25) is 14.2 Å². The van der Waals surface area contributed by atoms with Crippen LogP contribution in [0, 0.1) is 0 Å². The number of carbonyl (C=O) groups excluding carboxylic acids is 1. The van der Waals surface area contributed by atoms with E-state index in [0.717, 1.165) is 11.3 Å². The monoisotopic (exact) mass is 373 g/mol. The van der Waals surface area contributed by atoms with Gasteiger partial charge in [0.15, 0.2) is 0 Å². The Balaban J connectivity index is 1.45. The Labute approximate surface area is 161 Å². The van der Waals surface area contributed by atoms with Crippen LogP contribution in [0.3, 0.4) is 0 Å². The zero-order valence-corrected chi connectivity index (χ0v) is 15.4. The molecule has 7 nitrogen and oxygen atoms in total. The molecule has 4 rings (SSSR count). The summed E-state index contributed by atoms with van der Waals surface area (Å²) >= 11 is 0. The summed E-state index contributed by atoms with van der Waals surface area (Å²) in [5, 5.41) is 4.70. The normalized spacial score (nSPS) is 10.9. The van der Waals surface area contributed by atoms with Gasteiger partial charge in [0, 0.05) is 26.0 Å². The van der Waals surface area contributed by atoms with Gasteiger partial charge < -0.3 is 4.90 Å². The van der Waals surface area contributed by atoms with E-state index in [0.29, 0.717) is 17.4 Å². The highest BCUT2D eigenvalue weighted by Gasteiger charge is 2.12. The lowest BCUT2D eigenvalue weighted by Crippen LogP contribution is -2.33. The summed E-state index contributed by atoms with van der Waals surface area (Å²) in [5.74, 6) is -0.157. The van der Waals surface area contributed by atoms with Gasteiger partial charge in [-0.2, -0.15) is 5.10 Å². The van der Waals surface area contributed by atoms with Crippen molar-refractivity contribution in [2.45, 2.75) is 13.1 Å². The second-order valence-electron chi connectivity index (χ2n) is 6.56. The van der Waals surface area contributed by atoms with E-state index in [1.54, 1.807) is 41.0 Å². The quantitative estimate of drug-likeness (QED) is 0.538. The van der Waals surface area contributed by atoms with E-state index in [1.807, 2.05) is 42.6 Å². The van der Waals surface area contributed by atoms with Crippen molar-refractivity contribution in [1.82, 2.24) is 24.2 Å². The topological polar surface area (TPSA) is 73.0 Å². The Morgan fingerprint density at radius 1 is 1.07 bits per heavy atom. The third-order valence-electron chi connectivity index (χ3n) is 4.59. The molecule has 28 heavy (non-hydrogen) atoms. The summed E-state index contributed by atoms with van der Waals surface area (Å²) in [7, 11) is 1.73. The first kappa shape index (κ1) is 17.7. The highest BCUT2D eigenvalue weighted by Crippen LogP contribution is 2.11. The minimum atomic E-state index is -0.212. The van der Waals surface area contributed by atoms with E-state index in [1.165, 1.54) is 10.9 Å². The third-order valence-corrected chi connectivity index (χ3v) is 4.59. The van der Waals surface area contributed by atoms with Gasteiger partial charge in [0.05, 0.1) is 22.9 Å². The van der Waals surface area contributed by atoms with Crippen LogP contribution in [0.1, 0.15) is 5.56 Å². The molecule has 0 fully saturated rings. The molecule has 7 heteroatoms. The summed E-state index contributed by atoms with van der Waals surface area (Å²) < 4.78 is 3.12. The van der Waals surface area contributed by atoms with Crippen molar-refractivity contribution in [3.63, 3.8) is 0 Å². The number of amides is 1.